The number of aromatic nitrogens is 1. The highest BCUT2D eigenvalue weighted by molar-refractivity contribution is 6.35. The average Bonchev–Trinajstić information content (AvgIpc) is 3.12. The maximum atomic E-state index is 12.1. The van der Waals surface area contributed by atoms with Crippen LogP contribution in [0, 0.1) is 5.92 Å². The first-order valence-electron chi connectivity index (χ1n) is 6.19. The number of nitrogens with zero attached hydrogens (tertiary/aromatic N) is 1. The van der Waals surface area contributed by atoms with Gasteiger partial charge in [-0.2, -0.15) is 0 Å². The highest BCUT2D eigenvalue weighted by atomic mass is 35.5. The summed E-state index contributed by atoms with van der Waals surface area (Å²) >= 11 is 6.14. The number of benzene rings is 1. The van der Waals surface area contributed by atoms with Crippen LogP contribution in [0.2, 0.25) is 5.02 Å². The Morgan fingerprint density at radius 3 is 2.94 bits per heavy atom. The van der Waals surface area contributed by atoms with Crippen molar-refractivity contribution in [1.29, 1.82) is 0 Å². The standard InChI is InChI=1S/C14H15ClN2O/c1-17-12-4-2-3-11(15)10(12)7-13(17)14(18)16-8-9-5-6-9/h2-4,7,9H,5-6,8H2,1H3,(H,16,18). The van der Waals surface area contributed by atoms with Crippen LogP contribution in [-0.4, -0.2) is 17.0 Å². The van der Waals surface area contributed by atoms with E-state index in [1.165, 1.54) is 12.8 Å². The largest absolute Gasteiger partial charge is 0.350 e. The Bertz CT molecular complexity index is 614. The number of fused-ring (bicyclic) bond motifs is 1. The third kappa shape index (κ3) is 1.99. The highest BCUT2D eigenvalue weighted by Gasteiger charge is 2.22. The molecule has 0 radical (unpaired) electrons. The van der Waals surface area contributed by atoms with Crippen molar-refractivity contribution in [3.8, 4) is 0 Å². The summed E-state index contributed by atoms with van der Waals surface area (Å²) in [5, 5.41) is 4.59. The van der Waals surface area contributed by atoms with Crippen LogP contribution in [0.1, 0.15) is 23.3 Å². The van der Waals surface area contributed by atoms with E-state index in [1.807, 2.05) is 35.9 Å². The van der Waals surface area contributed by atoms with E-state index in [-0.39, 0.29) is 5.91 Å². The van der Waals surface area contributed by atoms with Gasteiger partial charge in [-0.3, -0.25) is 4.79 Å². The number of nitrogens with one attached hydrogen (secondary N) is 1. The summed E-state index contributed by atoms with van der Waals surface area (Å²) in [6, 6.07) is 7.57. The van der Waals surface area contributed by atoms with Crippen LogP contribution in [0.4, 0.5) is 0 Å². The summed E-state index contributed by atoms with van der Waals surface area (Å²) in [5.74, 6) is 0.670. The van der Waals surface area contributed by atoms with E-state index in [2.05, 4.69) is 5.32 Å². The Morgan fingerprint density at radius 1 is 1.50 bits per heavy atom. The minimum atomic E-state index is -0.0170. The van der Waals surface area contributed by atoms with Gasteiger partial charge >= 0.3 is 0 Å². The molecule has 18 heavy (non-hydrogen) atoms. The van der Waals surface area contributed by atoms with Crippen LogP contribution in [0.3, 0.4) is 0 Å². The number of halogens is 1. The number of hydrogen-bond acceptors (Lipinski definition) is 1. The monoisotopic (exact) mass is 262 g/mol. The molecule has 1 aromatic heterocycles. The van der Waals surface area contributed by atoms with Crippen molar-refractivity contribution in [2.75, 3.05) is 6.54 Å². The topological polar surface area (TPSA) is 34.0 Å². The number of hydrogen-bond donors (Lipinski definition) is 1. The zero-order valence-corrected chi connectivity index (χ0v) is 11.0. The minimum Gasteiger partial charge on any atom is -0.350 e. The van der Waals surface area contributed by atoms with Crippen LogP contribution >= 0.6 is 11.6 Å². The molecular formula is C14H15ClN2O. The van der Waals surface area contributed by atoms with Gasteiger partial charge in [0.05, 0.1) is 0 Å². The van der Waals surface area contributed by atoms with Crippen molar-refractivity contribution in [2.24, 2.45) is 13.0 Å². The molecule has 4 heteroatoms. The number of aryl methyl sites for hydroxylation is 1. The number of amides is 1. The number of carbonyl (C=O) groups is 1. The lowest BCUT2D eigenvalue weighted by atomic mass is 10.2. The van der Waals surface area contributed by atoms with Crippen molar-refractivity contribution in [1.82, 2.24) is 9.88 Å². The quantitative estimate of drug-likeness (QED) is 0.907. The first kappa shape index (κ1) is 11.6. The van der Waals surface area contributed by atoms with E-state index < -0.39 is 0 Å². The third-order valence-corrected chi connectivity index (χ3v) is 3.84. The first-order chi connectivity index (χ1) is 8.66. The molecule has 1 N–H and O–H groups in total. The lowest BCUT2D eigenvalue weighted by Crippen LogP contribution is -2.27. The summed E-state index contributed by atoms with van der Waals surface area (Å²) in [6.07, 6.45) is 2.47. The lowest BCUT2D eigenvalue weighted by Gasteiger charge is -2.05. The fraction of sp³-hybridized carbons (Fsp3) is 0.357. The molecule has 1 fully saturated rings. The van der Waals surface area contributed by atoms with Gasteiger partial charge in [-0.25, -0.2) is 0 Å². The molecular weight excluding hydrogens is 248 g/mol. The molecule has 0 aliphatic heterocycles. The van der Waals surface area contributed by atoms with Gasteiger partial charge in [0.25, 0.3) is 5.91 Å². The predicted octanol–water partition coefficient (Wildman–Crippen LogP) is 2.97. The molecule has 3 nitrogen and oxygen atoms in total. The molecule has 94 valence electrons. The maximum Gasteiger partial charge on any atom is 0.267 e. The van der Waals surface area contributed by atoms with E-state index >= 15 is 0 Å². The van der Waals surface area contributed by atoms with Crippen molar-refractivity contribution in [3.63, 3.8) is 0 Å². The zero-order chi connectivity index (χ0) is 12.7. The molecule has 1 aliphatic carbocycles. The molecule has 0 spiro atoms. The maximum absolute atomic E-state index is 12.1. The summed E-state index contributed by atoms with van der Waals surface area (Å²) < 4.78 is 1.89. The van der Waals surface area contributed by atoms with E-state index in [1.54, 1.807) is 0 Å². The average molecular weight is 263 g/mol. The van der Waals surface area contributed by atoms with E-state index in [9.17, 15) is 4.79 Å². The normalized spacial score (nSPS) is 15.0. The second kappa shape index (κ2) is 4.32. The van der Waals surface area contributed by atoms with Gasteiger partial charge in [0.1, 0.15) is 5.69 Å². The van der Waals surface area contributed by atoms with Crippen LogP contribution < -0.4 is 5.32 Å². The summed E-state index contributed by atoms with van der Waals surface area (Å²) in [4.78, 5) is 12.1. The van der Waals surface area contributed by atoms with Crippen molar-refractivity contribution < 1.29 is 4.79 Å². The zero-order valence-electron chi connectivity index (χ0n) is 10.2. The van der Waals surface area contributed by atoms with Gasteiger partial charge in [0.15, 0.2) is 0 Å². The third-order valence-electron chi connectivity index (χ3n) is 3.51. The second-order valence-corrected chi connectivity index (χ2v) is 5.32. The summed E-state index contributed by atoms with van der Waals surface area (Å²) in [7, 11) is 1.89. The molecule has 0 unspecified atom stereocenters. The van der Waals surface area contributed by atoms with Crippen molar-refractivity contribution in [2.45, 2.75) is 12.8 Å². The van der Waals surface area contributed by atoms with Gasteiger partial charge in [-0.15, -0.1) is 0 Å². The Balaban J connectivity index is 1.93. The summed E-state index contributed by atoms with van der Waals surface area (Å²) in [5.41, 5.74) is 1.65. The van der Waals surface area contributed by atoms with E-state index in [0.29, 0.717) is 16.6 Å². The fourth-order valence-corrected chi connectivity index (χ4v) is 2.42. The van der Waals surface area contributed by atoms with E-state index in [0.717, 1.165) is 17.4 Å². The number of carbonyl (C=O) groups excluding carboxylic acids is 1. The van der Waals surface area contributed by atoms with Gasteiger partial charge in [0.2, 0.25) is 0 Å². The molecule has 1 amide bonds. The van der Waals surface area contributed by atoms with Crippen molar-refractivity contribution in [3.05, 3.63) is 35.0 Å². The molecule has 1 heterocycles. The molecule has 1 saturated carbocycles. The Labute approximate surface area is 111 Å². The molecule has 0 bridgehead atoms. The second-order valence-electron chi connectivity index (χ2n) is 4.91. The highest BCUT2D eigenvalue weighted by Crippen LogP contribution is 2.28. The van der Waals surface area contributed by atoms with Crippen LogP contribution in [0.25, 0.3) is 10.9 Å². The molecule has 1 aromatic carbocycles. The Hall–Kier alpha value is -1.48. The Kier molecular flexibility index (Phi) is 2.78. The molecule has 2 aromatic rings. The minimum absolute atomic E-state index is 0.0170. The molecule has 0 saturated heterocycles. The molecule has 1 aliphatic rings. The van der Waals surface area contributed by atoms with Crippen molar-refractivity contribution >= 4 is 28.4 Å². The van der Waals surface area contributed by atoms with Crippen LogP contribution in [-0.2, 0) is 7.05 Å². The molecule has 0 atom stereocenters. The Morgan fingerprint density at radius 2 is 2.28 bits per heavy atom. The SMILES string of the molecule is Cn1c(C(=O)NCC2CC2)cc2c(Cl)cccc21. The van der Waals surface area contributed by atoms with E-state index in [4.69, 9.17) is 11.6 Å². The molecule has 3 rings (SSSR count). The van der Waals surface area contributed by atoms with Crippen LogP contribution in [0.5, 0.6) is 0 Å². The summed E-state index contributed by atoms with van der Waals surface area (Å²) in [6.45, 7) is 0.786. The fourth-order valence-electron chi connectivity index (χ4n) is 2.19. The van der Waals surface area contributed by atoms with Gasteiger partial charge in [0, 0.05) is 29.5 Å². The first-order valence-corrected chi connectivity index (χ1v) is 6.57. The van der Waals surface area contributed by atoms with Gasteiger partial charge in [-0.05, 0) is 37.0 Å². The smallest absolute Gasteiger partial charge is 0.267 e. The van der Waals surface area contributed by atoms with Crippen LogP contribution in [0.15, 0.2) is 24.3 Å². The number of rotatable bonds is 3. The predicted molar refractivity (Wildman–Crippen MR) is 73.0 cm³/mol. The van der Waals surface area contributed by atoms with Gasteiger partial charge in [-0.1, -0.05) is 17.7 Å². The van der Waals surface area contributed by atoms with Gasteiger partial charge < -0.3 is 9.88 Å². The lowest BCUT2D eigenvalue weighted by molar-refractivity contribution is 0.0944.